The normalized spacial score (nSPS) is 14.2. The lowest BCUT2D eigenvalue weighted by molar-refractivity contribution is -0.384. The molecule has 1 aromatic carbocycles. The molecular formula is C13H8F4N2O5. The minimum absolute atomic E-state index is 0.114. The smallest absolute Gasteiger partial charge is 0.419 e. The molecule has 1 heterocycles. The van der Waals surface area contributed by atoms with Crippen LogP contribution in [0.2, 0.25) is 0 Å². The number of hydrogen-bond acceptors (Lipinski definition) is 6. The number of rotatable bonds is 4. The third-order valence-corrected chi connectivity index (χ3v) is 2.98. The first-order chi connectivity index (χ1) is 11.1. The van der Waals surface area contributed by atoms with Gasteiger partial charge in [0.25, 0.3) is 5.69 Å². The molecule has 128 valence electrons. The Kier molecular flexibility index (Phi) is 4.38. The van der Waals surface area contributed by atoms with Crippen LogP contribution < -0.4 is 4.74 Å². The summed E-state index contributed by atoms with van der Waals surface area (Å²) in [6, 6.07) is 4.50. The predicted molar refractivity (Wildman–Crippen MR) is 70.9 cm³/mol. The highest BCUT2D eigenvalue weighted by molar-refractivity contribution is 5.90. The van der Waals surface area contributed by atoms with Crippen molar-refractivity contribution in [2.45, 2.75) is 12.0 Å². The van der Waals surface area contributed by atoms with Gasteiger partial charge in [0.15, 0.2) is 5.75 Å². The van der Waals surface area contributed by atoms with Gasteiger partial charge in [-0.25, -0.2) is 4.79 Å². The zero-order chi connectivity index (χ0) is 18.1. The van der Waals surface area contributed by atoms with Gasteiger partial charge in [-0.05, 0) is 6.07 Å². The summed E-state index contributed by atoms with van der Waals surface area (Å²) < 4.78 is 59.7. The monoisotopic (exact) mass is 348 g/mol. The molecule has 0 aliphatic rings. The van der Waals surface area contributed by atoms with Crippen LogP contribution in [0.1, 0.15) is 0 Å². The molecule has 2 aromatic rings. The van der Waals surface area contributed by atoms with Crippen molar-refractivity contribution < 1.29 is 36.8 Å². The number of methoxy groups -OCH3 is 1. The summed E-state index contributed by atoms with van der Waals surface area (Å²) in [7, 11) is 0.332. The third kappa shape index (κ3) is 2.97. The zero-order valence-electron chi connectivity index (χ0n) is 11.8. The van der Waals surface area contributed by atoms with Gasteiger partial charge in [0.1, 0.15) is 5.52 Å². The number of nitrogens with zero attached hydrogens (tertiary/aromatic N) is 2. The molecule has 0 unspecified atom stereocenters. The highest BCUT2D eigenvalue weighted by Crippen LogP contribution is 2.37. The molecule has 0 saturated carbocycles. The summed E-state index contributed by atoms with van der Waals surface area (Å²) in [5.74, 6) is -7.85. The fourth-order valence-electron chi connectivity index (χ4n) is 1.81. The number of ether oxygens (including phenoxy) is 2. The molecule has 0 amide bonds. The lowest BCUT2D eigenvalue weighted by Gasteiger charge is -2.23. The number of non-ortho nitro benzene ring substituents is 1. The van der Waals surface area contributed by atoms with E-state index in [0.717, 1.165) is 6.07 Å². The molecule has 0 aliphatic carbocycles. The van der Waals surface area contributed by atoms with Crippen LogP contribution in [0.25, 0.3) is 10.9 Å². The molecule has 0 saturated heterocycles. The number of fused-ring (bicyclic) bond motifs is 1. The van der Waals surface area contributed by atoms with Crippen molar-refractivity contribution in [3.8, 4) is 5.75 Å². The molecule has 24 heavy (non-hydrogen) atoms. The summed E-state index contributed by atoms with van der Waals surface area (Å²) in [4.78, 5) is 25.4. The Hall–Kier alpha value is -2.82. The topological polar surface area (TPSA) is 91.6 Å². The number of nitro benzene ring substituents is 1. The van der Waals surface area contributed by atoms with Crippen molar-refractivity contribution in [1.82, 2.24) is 4.98 Å². The molecule has 0 radical (unpaired) electrons. The Morgan fingerprint density at radius 2 is 1.96 bits per heavy atom. The maximum atomic E-state index is 13.8. The number of esters is 1. The Balaban J connectivity index is 2.53. The van der Waals surface area contributed by atoms with Crippen LogP contribution in [0.15, 0.2) is 30.5 Å². The second-order valence-electron chi connectivity index (χ2n) is 4.46. The van der Waals surface area contributed by atoms with E-state index in [1.807, 2.05) is 0 Å². The van der Waals surface area contributed by atoms with E-state index in [-0.39, 0.29) is 10.9 Å². The maximum absolute atomic E-state index is 13.8. The van der Waals surface area contributed by atoms with Crippen LogP contribution in [0, 0.1) is 10.1 Å². The Morgan fingerprint density at radius 3 is 2.50 bits per heavy atom. The summed E-state index contributed by atoms with van der Waals surface area (Å²) in [6.45, 7) is 0. The number of carbonyl (C=O) groups is 1. The summed E-state index contributed by atoms with van der Waals surface area (Å²) in [6.07, 6.45) is -4.49. The van der Waals surface area contributed by atoms with Crippen molar-refractivity contribution in [2.75, 3.05) is 7.11 Å². The van der Waals surface area contributed by atoms with E-state index in [0.29, 0.717) is 13.2 Å². The molecule has 0 spiro atoms. The highest BCUT2D eigenvalue weighted by atomic mass is 19.4. The third-order valence-electron chi connectivity index (χ3n) is 2.98. The number of aromatic nitrogens is 1. The number of halogens is 4. The van der Waals surface area contributed by atoms with E-state index in [1.54, 1.807) is 0 Å². The van der Waals surface area contributed by atoms with E-state index in [9.17, 15) is 32.5 Å². The first-order valence-corrected chi connectivity index (χ1v) is 6.16. The van der Waals surface area contributed by atoms with Gasteiger partial charge in [-0.2, -0.15) is 17.6 Å². The largest absolute Gasteiger partial charge is 0.460 e. The number of nitro groups is 1. The quantitative estimate of drug-likeness (QED) is 0.277. The van der Waals surface area contributed by atoms with Crippen LogP contribution in [-0.4, -0.2) is 35.0 Å². The van der Waals surface area contributed by atoms with Crippen LogP contribution >= 0.6 is 0 Å². The van der Waals surface area contributed by atoms with Crippen LogP contribution in [0.5, 0.6) is 5.75 Å². The second kappa shape index (κ2) is 6.00. The van der Waals surface area contributed by atoms with Gasteiger partial charge in [-0.15, -0.1) is 0 Å². The van der Waals surface area contributed by atoms with E-state index in [4.69, 9.17) is 0 Å². The van der Waals surface area contributed by atoms with E-state index < -0.39 is 34.4 Å². The van der Waals surface area contributed by atoms with Gasteiger partial charge in [0, 0.05) is 24.8 Å². The van der Waals surface area contributed by atoms with Crippen LogP contribution in [0.3, 0.4) is 0 Å². The number of hydrogen-bond donors (Lipinski definition) is 0. The summed E-state index contributed by atoms with van der Waals surface area (Å²) in [5.41, 5.74) is -0.732. The minimum Gasteiger partial charge on any atom is -0.419 e. The zero-order valence-corrected chi connectivity index (χ0v) is 11.8. The summed E-state index contributed by atoms with van der Waals surface area (Å²) in [5, 5.41) is 11.0. The average molecular weight is 348 g/mol. The van der Waals surface area contributed by atoms with E-state index >= 15 is 0 Å². The van der Waals surface area contributed by atoms with Gasteiger partial charge < -0.3 is 9.47 Å². The molecule has 0 bridgehead atoms. The van der Waals surface area contributed by atoms with E-state index in [1.165, 1.54) is 18.3 Å². The Morgan fingerprint density at radius 1 is 1.29 bits per heavy atom. The van der Waals surface area contributed by atoms with Crippen LogP contribution in [0.4, 0.5) is 23.2 Å². The van der Waals surface area contributed by atoms with Crippen molar-refractivity contribution in [1.29, 1.82) is 0 Å². The minimum atomic E-state index is -5.71. The van der Waals surface area contributed by atoms with Crippen molar-refractivity contribution in [2.24, 2.45) is 0 Å². The van der Waals surface area contributed by atoms with Gasteiger partial charge in [0.05, 0.1) is 11.0 Å². The van der Waals surface area contributed by atoms with Crippen molar-refractivity contribution in [3.05, 3.63) is 40.6 Å². The molecule has 0 N–H and O–H groups in total. The fourth-order valence-corrected chi connectivity index (χ4v) is 1.81. The molecule has 1 atom stereocenters. The molecular weight excluding hydrogens is 340 g/mol. The van der Waals surface area contributed by atoms with Gasteiger partial charge in [-0.3, -0.25) is 15.1 Å². The van der Waals surface area contributed by atoms with Crippen LogP contribution in [-0.2, 0) is 9.53 Å². The van der Waals surface area contributed by atoms with E-state index in [2.05, 4.69) is 14.5 Å². The average Bonchev–Trinajstić information content (AvgIpc) is 2.52. The molecule has 1 aromatic heterocycles. The number of alkyl halides is 4. The maximum Gasteiger partial charge on any atom is 0.460 e. The molecule has 2 rings (SSSR count). The lowest BCUT2D eigenvalue weighted by atomic mass is 10.2. The first kappa shape index (κ1) is 17.5. The molecule has 7 nitrogen and oxygen atoms in total. The second-order valence-corrected chi connectivity index (χ2v) is 4.46. The summed E-state index contributed by atoms with van der Waals surface area (Å²) >= 11 is 0. The van der Waals surface area contributed by atoms with Gasteiger partial charge in [-0.1, -0.05) is 6.07 Å². The van der Waals surface area contributed by atoms with Crippen molar-refractivity contribution >= 4 is 22.6 Å². The fraction of sp³-hybridized carbons (Fsp3) is 0.231. The molecule has 0 fully saturated rings. The first-order valence-electron chi connectivity index (χ1n) is 6.16. The molecule has 0 aliphatic heterocycles. The Labute approximate surface area is 130 Å². The molecule has 11 heteroatoms. The van der Waals surface area contributed by atoms with Gasteiger partial charge in [0.2, 0.25) is 0 Å². The number of benzene rings is 1. The standard InChI is InChI=1S/C13H8F4N2O5/c1-23-12(14,13(15,16)17)11(20)24-9-6-8(19(21)22)5-7-3-2-4-18-10(7)9/h2-6H,1H3/t12-/m0/s1. The predicted octanol–water partition coefficient (Wildman–Crippen LogP) is 2.92. The lowest BCUT2D eigenvalue weighted by Crippen LogP contribution is -2.51. The van der Waals surface area contributed by atoms with Crippen molar-refractivity contribution in [3.63, 3.8) is 0 Å². The van der Waals surface area contributed by atoms with Gasteiger partial charge >= 0.3 is 18.0 Å². The highest BCUT2D eigenvalue weighted by Gasteiger charge is 2.65. The number of carbonyl (C=O) groups excluding carboxylic acids is 1. The number of pyridine rings is 1. The Bertz CT molecular complexity index is 811. The SMILES string of the molecule is CO[C@@](F)(C(=O)Oc1cc([N+](=O)[O-])cc2cccnc12)C(F)(F)F.